The van der Waals surface area contributed by atoms with Crippen LogP contribution in [0.5, 0.6) is 0 Å². The Morgan fingerprint density at radius 3 is 2.38 bits per heavy atom. The maximum absolute atomic E-state index is 12.6. The van der Waals surface area contributed by atoms with Crippen LogP contribution >= 0.6 is 11.8 Å². The molecule has 2 heterocycles. The highest BCUT2D eigenvalue weighted by molar-refractivity contribution is 7.98. The van der Waals surface area contributed by atoms with Gasteiger partial charge in [-0.2, -0.15) is 0 Å². The lowest BCUT2D eigenvalue weighted by Gasteiger charge is -2.15. The molecule has 1 aromatic heterocycles. The molecule has 162 valence electrons. The summed E-state index contributed by atoms with van der Waals surface area (Å²) in [6, 6.07) is 14.3. The number of nitrogens with zero attached hydrogens (tertiary/aromatic N) is 3. The molecule has 1 aliphatic heterocycles. The lowest BCUT2D eigenvalue weighted by molar-refractivity contribution is 0.0655. The van der Waals surface area contributed by atoms with Gasteiger partial charge in [0.15, 0.2) is 5.16 Å². The number of fused-ring (bicyclic) bond motifs is 1. The van der Waals surface area contributed by atoms with Gasteiger partial charge in [0.25, 0.3) is 17.7 Å². The molecule has 0 bridgehead atoms. The first kappa shape index (κ1) is 21.5. The molecule has 9 heteroatoms. The monoisotopic (exact) mass is 447 g/mol. The van der Waals surface area contributed by atoms with Crippen molar-refractivity contribution in [2.75, 3.05) is 18.1 Å². The number of nitrogens with one attached hydrogen (secondary N) is 1. The van der Waals surface area contributed by atoms with E-state index in [0.29, 0.717) is 39.9 Å². The van der Waals surface area contributed by atoms with Crippen LogP contribution < -0.4 is 11.1 Å². The van der Waals surface area contributed by atoms with Gasteiger partial charge in [-0.3, -0.25) is 19.3 Å². The first-order chi connectivity index (χ1) is 15.4. The summed E-state index contributed by atoms with van der Waals surface area (Å²) >= 11 is 1.37. The predicted molar refractivity (Wildman–Crippen MR) is 122 cm³/mol. The number of anilines is 2. The topological polar surface area (TPSA) is 118 Å². The van der Waals surface area contributed by atoms with Gasteiger partial charge in [0.2, 0.25) is 0 Å². The lowest BCUT2D eigenvalue weighted by Crippen LogP contribution is -2.31. The van der Waals surface area contributed by atoms with Crippen molar-refractivity contribution in [3.05, 3.63) is 76.5 Å². The summed E-state index contributed by atoms with van der Waals surface area (Å²) in [5.74, 6) is -0.814. The number of thioether (sulfide) groups is 1. The van der Waals surface area contributed by atoms with Crippen molar-refractivity contribution in [2.24, 2.45) is 5.73 Å². The summed E-state index contributed by atoms with van der Waals surface area (Å²) in [4.78, 5) is 47.0. The number of primary amides is 1. The molecule has 3 aromatic rings. The normalized spacial score (nSPS) is 12.8. The Kier molecular flexibility index (Phi) is 5.91. The van der Waals surface area contributed by atoms with Crippen LogP contribution in [-0.2, 0) is 6.42 Å². The maximum Gasteiger partial charge on any atom is 0.261 e. The number of hydrogen-bond donors (Lipinski definition) is 2. The lowest BCUT2D eigenvalue weighted by atomic mass is 10.1. The molecule has 0 fully saturated rings. The fourth-order valence-corrected chi connectivity index (χ4v) is 4.06. The molecule has 0 unspecified atom stereocenters. The molecular weight excluding hydrogens is 426 g/mol. The minimum atomic E-state index is -0.612. The zero-order valence-electron chi connectivity index (χ0n) is 17.6. The number of hydrogen-bond acceptors (Lipinski definition) is 7. The van der Waals surface area contributed by atoms with Crippen molar-refractivity contribution in [3.8, 4) is 0 Å². The highest BCUT2D eigenvalue weighted by Crippen LogP contribution is 2.25. The van der Waals surface area contributed by atoms with Gasteiger partial charge in [0, 0.05) is 12.2 Å². The Balaban J connectivity index is 1.52. The smallest absolute Gasteiger partial charge is 0.261 e. The maximum atomic E-state index is 12.6. The average Bonchev–Trinajstić information content (AvgIpc) is 3.02. The van der Waals surface area contributed by atoms with Crippen LogP contribution in [-0.4, -0.2) is 45.4 Å². The van der Waals surface area contributed by atoms with Crippen LogP contribution in [0.3, 0.4) is 0 Å². The molecule has 32 heavy (non-hydrogen) atoms. The number of imide groups is 1. The van der Waals surface area contributed by atoms with Crippen molar-refractivity contribution in [1.29, 1.82) is 0 Å². The van der Waals surface area contributed by atoms with Crippen molar-refractivity contribution >= 4 is 41.0 Å². The zero-order valence-corrected chi connectivity index (χ0v) is 18.4. The number of aryl methyl sites for hydroxylation is 1. The Labute approximate surface area is 189 Å². The third-order valence-electron chi connectivity index (χ3n) is 5.19. The Morgan fingerprint density at radius 2 is 1.75 bits per heavy atom. The van der Waals surface area contributed by atoms with Gasteiger partial charge < -0.3 is 11.1 Å². The molecular formula is C23H21N5O3S. The third kappa shape index (κ3) is 4.06. The summed E-state index contributed by atoms with van der Waals surface area (Å²) in [6.07, 6.45) is 2.34. The van der Waals surface area contributed by atoms with Gasteiger partial charge in [-0.1, -0.05) is 36.0 Å². The Hall–Kier alpha value is -3.72. The molecule has 0 spiro atoms. The highest BCUT2D eigenvalue weighted by Gasteiger charge is 2.34. The highest BCUT2D eigenvalue weighted by atomic mass is 32.2. The van der Waals surface area contributed by atoms with Crippen molar-refractivity contribution in [3.63, 3.8) is 0 Å². The Morgan fingerprint density at radius 1 is 1.06 bits per heavy atom. The van der Waals surface area contributed by atoms with Crippen LogP contribution in [0.2, 0.25) is 0 Å². The molecule has 0 aliphatic carbocycles. The van der Waals surface area contributed by atoms with E-state index < -0.39 is 5.91 Å². The first-order valence-corrected chi connectivity index (χ1v) is 11.1. The van der Waals surface area contributed by atoms with E-state index in [1.807, 2.05) is 30.5 Å². The van der Waals surface area contributed by atoms with Crippen LogP contribution in [0.15, 0.2) is 53.7 Å². The zero-order chi connectivity index (χ0) is 22.8. The van der Waals surface area contributed by atoms with Crippen molar-refractivity contribution < 1.29 is 14.4 Å². The second-order valence-corrected chi connectivity index (χ2v) is 8.04. The van der Waals surface area contributed by atoms with Gasteiger partial charge >= 0.3 is 0 Å². The summed E-state index contributed by atoms with van der Waals surface area (Å²) in [6.45, 7) is 1.98. The number of carbonyl (C=O) groups excluding carboxylic acids is 3. The van der Waals surface area contributed by atoms with E-state index in [9.17, 15) is 14.4 Å². The summed E-state index contributed by atoms with van der Waals surface area (Å²) < 4.78 is 0. The number of benzene rings is 2. The number of amides is 3. The molecule has 2 aromatic carbocycles. The number of rotatable bonds is 7. The molecule has 0 atom stereocenters. The van der Waals surface area contributed by atoms with Gasteiger partial charge in [-0.05, 0) is 49.4 Å². The SMILES string of the molecule is CSc1nc(C)c(C(N)=O)c(Nc2cccc(CCN3C(=O)c4ccccc4C3=O)c2)n1. The molecule has 4 rings (SSSR count). The second kappa shape index (κ2) is 8.80. The fourth-order valence-electron chi connectivity index (χ4n) is 3.65. The average molecular weight is 448 g/mol. The summed E-state index contributed by atoms with van der Waals surface area (Å²) in [5, 5.41) is 3.68. The van der Waals surface area contributed by atoms with Crippen molar-refractivity contribution in [2.45, 2.75) is 18.5 Å². The second-order valence-electron chi connectivity index (χ2n) is 7.27. The van der Waals surface area contributed by atoms with Crippen LogP contribution in [0, 0.1) is 6.92 Å². The predicted octanol–water partition coefficient (Wildman–Crippen LogP) is 3.19. The summed E-state index contributed by atoms with van der Waals surface area (Å²) in [7, 11) is 0. The van der Waals surface area contributed by atoms with E-state index in [1.54, 1.807) is 31.2 Å². The van der Waals surface area contributed by atoms with Crippen LogP contribution in [0.4, 0.5) is 11.5 Å². The van der Waals surface area contributed by atoms with Gasteiger partial charge in [0.05, 0.1) is 16.8 Å². The largest absolute Gasteiger partial charge is 0.365 e. The van der Waals surface area contributed by atoms with Gasteiger partial charge in [-0.15, -0.1) is 0 Å². The minimum absolute atomic E-state index is 0.235. The van der Waals surface area contributed by atoms with E-state index in [0.717, 1.165) is 5.56 Å². The van der Waals surface area contributed by atoms with Crippen LogP contribution in [0.25, 0.3) is 0 Å². The fraction of sp³-hybridized carbons (Fsp3) is 0.174. The molecule has 0 saturated heterocycles. The standard InChI is InChI=1S/C23H21N5O3S/c1-13-18(19(24)29)20(27-23(25-13)32-2)26-15-7-5-6-14(12-15)10-11-28-21(30)16-8-3-4-9-17(16)22(28)31/h3-9,12H,10-11H2,1-2H3,(H2,24,29)(H,25,26,27). The molecule has 1 aliphatic rings. The van der Waals surface area contributed by atoms with E-state index in [1.165, 1.54) is 16.7 Å². The molecule has 0 radical (unpaired) electrons. The van der Waals surface area contributed by atoms with Gasteiger partial charge in [-0.25, -0.2) is 9.97 Å². The molecule has 3 amide bonds. The van der Waals surface area contributed by atoms with Crippen molar-refractivity contribution in [1.82, 2.24) is 14.9 Å². The van der Waals surface area contributed by atoms with E-state index in [4.69, 9.17) is 5.73 Å². The molecule has 8 nitrogen and oxygen atoms in total. The van der Waals surface area contributed by atoms with E-state index in [2.05, 4.69) is 15.3 Å². The molecule has 0 saturated carbocycles. The quantitative estimate of drug-likeness (QED) is 0.324. The van der Waals surface area contributed by atoms with E-state index in [-0.39, 0.29) is 23.9 Å². The number of aromatic nitrogens is 2. The van der Waals surface area contributed by atoms with Gasteiger partial charge in [0.1, 0.15) is 11.4 Å². The first-order valence-electron chi connectivity index (χ1n) is 9.92. The minimum Gasteiger partial charge on any atom is -0.365 e. The number of carbonyl (C=O) groups is 3. The third-order valence-corrected chi connectivity index (χ3v) is 5.74. The molecule has 3 N–H and O–H groups in total. The summed E-state index contributed by atoms with van der Waals surface area (Å²) in [5.41, 5.74) is 8.78. The Bertz CT molecular complexity index is 1210. The van der Waals surface area contributed by atoms with Crippen LogP contribution in [0.1, 0.15) is 42.3 Å². The van der Waals surface area contributed by atoms with E-state index >= 15 is 0 Å². The number of nitrogens with two attached hydrogens (primary N) is 1.